The minimum atomic E-state index is -0.525. The molecule has 138 valence electrons. The van der Waals surface area contributed by atoms with Crippen LogP contribution in [0.25, 0.3) is 0 Å². The molecule has 2 N–H and O–H groups in total. The molecule has 1 saturated carbocycles. The molecule has 0 unspecified atom stereocenters. The van der Waals surface area contributed by atoms with Crippen LogP contribution < -0.4 is 10.6 Å². The van der Waals surface area contributed by atoms with Crippen LogP contribution in [0.3, 0.4) is 0 Å². The van der Waals surface area contributed by atoms with Gasteiger partial charge in [0.05, 0.1) is 11.3 Å². The summed E-state index contributed by atoms with van der Waals surface area (Å²) in [7, 11) is 1.50. The van der Waals surface area contributed by atoms with Crippen molar-refractivity contribution in [1.29, 1.82) is 0 Å². The Balaban J connectivity index is 1.66. The first kappa shape index (κ1) is 17.9. The number of carbonyl (C=O) groups excluding carboxylic acids is 4. The van der Waals surface area contributed by atoms with Crippen LogP contribution in [0, 0.1) is 0 Å². The van der Waals surface area contributed by atoms with Crippen LogP contribution in [0.1, 0.15) is 36.0 Å². The van der Waals surface area contributed by atoms with Gasteiger partial charge in [-0.3, -0.25) is 19.3 Å². The van der Waals surface area contributed by atoms with Crippen molar-refractivity contribution in [2.75, 3.05) is 25.5 Å². The van der Waals surface area contributed by atoms with Crippen molar-refractivity contribution in [3.8, 4) is 0 Å². The molecule has 2 aliphatic rings. The molecule has 5 amide bonds. The molecule has 2 fully saturated rings. The fourth-order valence-electron chi connectivity index (χ4n) is 3.28. The lowest BCUT2D eigenvalue weighted by Crippen LogP contribution is -2.39. The second-order valence-electron chi connectivity index (χ2n) is 6.67. The molecule has 1 heterocycles. The van der Waals surface area contributed by atoms with Gasteiger partial charge in [-0.15, -0.1) is 0 Å². The lowest BCUT2D eigenvalue weighted by atomic mass is 10.1. The van der Waals surface area contributed by atoms with E-state index in [1.165, 1.54) is 11.9 Å². The fraction of sp³-hybridized carbons (Fsp3) is 0.444. The molecule has 1 aliphatic heterocycles. The lowest BCUT2D eigenvalue weighted by Gasteiger charge is -2.16. The molecule has 8 nitrogen and oxygen atoms in total. The summed E-state index contributed by atoms with van der Waals surface area (Å²) in [5.41, 5.74) is 0.726. The number of para-hydroxylation sites is 1. The van der Waals surface area contributed by atoms with Gasteiger partial charge in [-0.2, -0.15) is 0 Å². The predicted octanol–water partition coefficient (Wildman–Crippen LogP) is 1.19. The summed E-state index contributed by atoms with van der Waals surface area (Å²) in [4.78, 5) is 50.6. The van der Waals surface area contributed by atoms with Gasteiger partial charge < -0.3 is 15.5 Å². The zero-order valence-corrected chi connectivity index (χ0v) is 14.7. The van der Waals surface area contributed by atoms with Gasteiger partial charge in [0, 0.05) is 13.1 Å². The number of rotatable bonds is 5. The van der Waals surface area contributed by atoms with E-state index >= 15 is 0 Å². The van der Waals surface area contributed by atoms with Crippen LogP contribution in [0.5, 0.6) is 0 Å². The fourth-order valence-corrected chi connectivity index (χ4v) is 3.28. The van der Waals surface area contributed by atoms with Crippen LogP contribution in [0.2, 0.25) is 0 Å². The van der Waals surface area contributed by atoms with Crippen LogP contribution in [-0.4, -0.2) is 59.7 Å². The Morgan fingerprint density at radius 3 is 2.50 bits per heavy atom. The number of nitrogens with zero attached hydrogens (tertiary/aromatic N) is 2. The number of likely N-dealkylation sites (N-methyl/N-ethyl adjacent to an activating group) is 1. The molecule has 1 aromatic rings. The first-order valence-corrected chi connectivity index (χ1v) is 8.71. The average molecular weight is 358 g/mol. The van der Waals surface area contributed by atoms with Crippen molar-refractivity contribution in [1.82, 2.24) is 15.1 Å². The van der Waals surface area contributed by atoms with Gasteiger partial charge >= 0.3 is 6.03 Å². The normalized spacial score (nSPS) is 17.7. The average Bonchev–Trinajstić information content (AvgIpc) is 3.19. The van der Waals surface area contributed by atoms with E-state index in [2.05, 4.69) is 10.6 Å². The SMILES string of the molecule is CN1CC(=O)N(CC(=O)Nc2ccccc2C(=O)NC2CCCC2)C1=O. The second-order valence-corrected chi connectivity index (χ2v) is 6.67. The molecular formula is C18H22N4O4. The third kappa shape index (κ3) is 3.84. The first-order chi connectivity index (χ1) is 12.5. The van der Waals surface area contributed by atoms with Crippen molar-refractivity contribution in [3.63, 3.8) is 0 Å². The van der Waals surface area contributed by atoms with E-state index in [4.69, 9.17) is 0 Å². The van der Waals surface area contributed by atoms with E-state index in [1.807, 2.05) is 0 Å². The predicted molar refractivity (Wildman–Crippen MR) is 94.5 cm³/mol. The Bertz CT molecular complexity index is 742. The van der Waals surface area contributed by atoms with E-state index in [0.717, 1.165) is 30.6 Å². The van der Waals surface area contributed by atoms with Gasteiger partial charge in [0.15, 0.2) is 0 Å². The van der Waals surface area contributed by atoms with Crippen molar-refractivity contribution in [2.45, 2.75) is 31.7 Å². The Hall–Kier alpha value is -2.90. The number of benzene rings is 1. The topological polar surface area (TPSA) is 98.8 Å². The summed E-state index contributed by atoms with van der Waals surface area (Å²) >= 11 is 0. The highest BCUT2D eigenvalue weighted by molar-refractivity contribution is 6.08. The minimum Gasteiger partial charge on any atom is -0.349 e. The van der Waals surface area contributed by atoms with Gasteiger partial charge in [0.1, 0.15) is 13.1 Å². The molecule has 0 atom stereocenters. The maximum absolute atomic E-state index is 12.5. The maximum Gasteiger partial charge on any atom is 0.327 e. The van der Waals surface area contributed by atoms with Crippen LogP contribution in [0.15, 0.2) is 24.3 Å². The van der Waals surface area contributed by atoms with Crippen molar-refractivity contribution < 1.29 is 19.2 Å². The van der Waals surface area contributed by atoms with Gasteiger partial charge in [0.2, 0.25) is 5.91 Å². The second kappa shape index (κ2) is 7.55. The van der Waals surface area contributed by atoms with Gasteiger partial charge in [0.25, 0.3) is 11.8 Å². The Kier molecular flexibility index (Phi) is 5.20. The number of carbonyl (C=O) groups is 4. The van der Waals surface area contributed by atoms with E-state index in [9.17, 15) is 19.2 Å². The maximum atomic E-state index is 12.5. The zero-order chi connectivity index (χ0) is 18.7. The standard InChI is InChI=1S/C18H22N4O4/c1-21-11-16(24)22(18(21)26)10-15(23)20-14-9-5-4-8-13(14)17(25)19-12-6-2-3-7-12/h4-5,8-9,12H,2-3,6-7,10-11H2,1H3,(H,19,25)(H,20,23). The molecule has 0 bridgehead atoms. The highest BCUT2D eigenvalue weighted by Crippen LogP contribution is 2.20. The third-order valence-electron chi connectivity index (χ3n) is 4.67. The number of hydrogen-bond donors (Lipinski definition) is 2. The summed E-state index contributed by atoms with van der Waals surface area (Å²) in [5.74, 6) is -1.18. The Morgan fingerprint density at radius 2 is 1.85 bits per heavy atom. The highest BCUT2D eigenvalue weighted by Gasteiger charge is 2.34. The van der Waals surface area contributed by atoms with Crippen LogP contribution >= 0.6 is 0 Å². The third-order valence-corrected chi connectivity index (χ3v) is 4.67. The van der Waals surface area contributed by atoms with Crippen molar-refractivity contribution in [2.24, 2.45) is 0 Å². The molecule has 1 aliphatic carbocycles. The summed E-state index contributed by atoms with van der Waals surface area (Å²) in [5, 5.41) is 5.62. The summed E-state index contributed by atoms with van der Waals surface area (Å²) < 4.78 is 0. The number of hydrogen-bond acceptors (Lipinski definition) is 4. The molecule has 26 heavy (non-hydrogen) atoms. The van der Waals surface area contributed by atoms with Gasteiger partial charge in [-0.1, -0.05) is 25.0 Å². The quantitative estimate of drug-likeness (QED) is 0.773. The number of nitrogens with one attached hydrogen (secondary N) is 2. The molecule has 0 aromatic heterocycles. The van der Waals surface area contributed by atoms with Crippen molar-refractivity contribution >= 4 is 29.4 Å². The smallest absolute Gasteiger partial charge is 0.327 e. The zero-order valence-electron chi connectivity index (χ0n) is 14.7. The first-order valence-electron chi connectivity index (χ1n) is 8.71. The van der Waals surface area contributed by atoms with Crippen molar-refractivity contribution in [3.05, 3.63) is 29.8 Å². The Morgan fingerprint density at radius 1 is 1.15 bits per heavy atom. The molecular weight excluding hydrogens is 336 g/mol. The van der Waals surface area contributed by atoms with Gasteiger partial charge in [-0.25, -0.2) is 4.79 Å². The lowest BCUT2D eigenvalue weighted by molar-refractivity contribution is -0.129. The number of amides is 5. The van der Waals surface area contributed by atoms with Crippen LogP contribution in [-0.2, 0) is 9.59 Å². The largest absolute Gasteiger partial charge is 0.349 e. The highest BCUT2D eigenvalue weighted by atomic mass is 16.2. The summed E-state index contributed by atoms with van der Waals surface area (Å²) in [6, 6.07) is 6.36. The summed E-state index contributed by atoms with van der Waals surface area (Å²) in [6.07, 6.45) is 4.14. The Labute approximate surface area is 151 Å². The monoisotopic (exact) mass is 358 g/mol. The van der Waals surface area contributed by atoms with E-state index in [1.54, 1.807) is 24.3 Å². The van der Waals surface area contributed by atoms with Gasteiger partial charge in [-0.05, 0) is 25.0 Å². The molecule has 0 spiro atoms. The molecule has 1 aromatic carbocycles. The van der Waals surface area contributed by atoms with E-state index in [0.29, 0.717) is 11.3 Å². The number of anilines is 1. The van der Waals surface area contributed by atoms with E-state index < -0.39 is 17.8 Å². The number of imide groups is 1. The summed E-state index contributed by atoms with van der Waals surface area (Å²) in [6.45, 7) is -0.410. The molecule has 0 radical (unpaired) electrons. The molecule has 3 rings (SSSR count). The van der Waals surface area contributed by atoms with Crippen LogP contribution in [0.4, 0.5) is 10.5 Å². The van der Waals surface area contributed by atoms with E-state index in [-0.39, 0.29) is 25.0 Å². The molecule has 1 saturated heterocycles. The molecule has 8 heteroatoms. The minimum absolute atomic E-state index is 0.0352. The number of urea groups is 1.